The lowest BCUT2D eigenvalue weighted by molar-refractivity contribution is -0.135. The van der Waals surface area contributed by atoms with Gasteiger partial charge in [0.25, 0.3) is 12.3 Å². The SMILES string of the molecule is C[C@@H]1CN(c2ccn3ncc(C(=O)Nc4cn(C5CCC(CN6CCN(CC7CN(c8cccc9c8n(C)c(=O)n9C8CCC(=O)NC8=O)C7)CC6)CC5)nc4C(F)F)c3n2)CCO1. The Labute approximate surface area is 368 Å². The van der Waals surface area contributed by atoms with E-state index in [-0.39, 0.29) is 41.4 Å². The van der Waals surface area contributed by atoms with Gasteiger partial charge in [-0.1, -0.05) is 6.07 Å². The van der Waals surface area contributed by atoms with Crippen LogP contribution in [0.15, 0.2) is 47.7 Å². The van der Waals surface area contributed by atoms with Crippen molar-refractivity contribution in [2.24, 2.45) is 18.9 Å². The van der Waals surface area contributed by atoms with Crippen LogP contribution in [0, 0.1) is 11.8 Å². The molecule has 5 aliphatic rings. The number of halogens is 2. The fourth-order valence-corrected chi connectivity index (χ4v) is 10.5. The normalized spacial score (nSPS) is 24.2. The topological polar surface area (TPSA) is 172 Å². The third kappa shape index (κ3) is 8.15. The molecule has 5 fully saturated rings. The van der Waals surface area contributed by atoms with Crippen LogP contribution in [0.5, 0.6) is 0 Å². The van der Waals surface area contributed by atoms with Gasteiger partial charge >= 0.3 is 5.69 Å². The first-order valence-corrected chi connectivity index (χ1v) is 22.6. The summed E-state index contributed by atoms with van der Waals surface area (Å²) in [4.78, 5) is 65.6. The molecule has 4 aliphatic heterocycles. The molecule has 340 valence electrons. The van der Waals surface area contributed by atoms with E-state index in [1.165, 1.54) is 15.3 Å². The van der Waals surface area contributed by atoms with Gasteiger partial charge < -0.3 is 29.7 Å². The van der Waals surface area contributed by atoms with Gasteiger partial charge in [-0.2, -0.15) is 10.2 Å². The Morgan fingerprint density at radius 1 is 0.938 bits per heavy atom. The van der Waals surface area contributed by atoms with Gasteiger partial charge in [0, 0.05) is 97.2 Å². The molecule has 2 N–H and O–H groups in total. The second-order valence-corrected chi connectivity index (χ2v) is 18.3. The minimum atomic E-state index is -2.86. The number of imide groups is 1. The third-order valence-electron chi connectivity index (χ3n) is 14.0. The maximum Gasteiger partial charge on any atom is 0.329 e. The largest absolute Gasteiger partial charge is 0.375 e. The van der Waals surface area contributed by atoms with E-state index in [0.29, 0.717) is 54.9 Å². The van der Waals surface area contributed by atoms with Crippen LogP contribution in [0.4, 0.5) is 26.0 Å². The van der Waals surface area contributed by atoms with Crippen LogP contribution in [0.2, 0.25) is 0 Å². The predicted molar refractivity (Wildman–Crippen MR) is 234 cm³/mol. The number of rotatable bonds is 11. The zero-order valence-corrected chi connectivity index (χ0v) is 36.2. The van der Waals surface area contributed by atoms with E-state index in [9.17, 15) is 28.0 Å². The molecular weight excluding hydrogens is 829 g/mol. The molecule has 1 aliphatic carbocycles. The standard InChI is InChI=1S/C44H55F2N13O5/c1-27-21-55(18-19-64-27)36-12-13-57-41(49-36)31(20-47-57)42(61)48-32-26-58(51-38(32)40(45)46)30-8-6-28(7-9-30)22-53-14-16-54(17-15-53)23-29-24-56(25-29)33-4-3-5-34-39(33)52(2)44(63)59(34)35-10-11-37(60)50-43(35)62/h3-5,12-13,20,26-30,35,40H,6-11,14-19,21-25H2,1-2H3,(H,48,61)(H,50,60,62)/t27-,28?,30?,35?/m1/s1. The number of piperazine rings is 1. The minimum absolute atomic E-state index is 0.00171. The van der Waals surface area contributed by atoms with Gasteiger partial charge in [-0.15, -0.1) is 0 Å². The lowest BCUT2D eigenvalue weighted by atomic mass is 9.85. The van der Waals surface area contributed by atoms with Gasteiger partial charge in [0.2, 0.25) is 11.8 Å². The van der Waals surface area contributed by atoms with Gasteiger partial charge in [-0.25, -0.2) is 23.1 Å². The van der Waals surface area contributed by atoms with Crippen molar-refractivity contribution in [2.45, 2.75) is 70.1 Å². The van der Waals surface area contributed by atoms with Crippen LogP contribution < -0.4 is 26.1 Å². The molecule has 1 aromatic carbocycles. The quantitative estimate of drug-likeness (QED) is 0.186. The Morgan fingerprint density at radius 3 is 2.41 bits per heavy atom. The first kappa shape index (κ1) is 42.2. The second kappa shape index (κ2) is 17.3. The van der Waals surface area contributed by atoms with Crippen LogP contribution in [0.25, 0.3) is 16.7 Å². The fraction of sp³-hybridized carbons (Fsp3) is 0.568. The molecule has 2 atom stereocenters. The first-order chi connectivity index (χ1) is 31.0. The molecule has 10 rings (SSSR count). The van der Waals surface area contributed by atoms with Crippen molar-refractivity contribution in [3.05, 3.63) is 64.6 Å². The molecule has 4 aromatic heterocycles. The second-order valence-electron chi connectivity index (χ2n) is 18.3. The Kier molecular flexibility index (Phi) is 11.4. The zero-order valence-electron chi connectivity index (χ0n) is 36.2. The number of benzene rings is 1. The number of piperidine rings is 1. The summed E-state index contributed by atoms with van der Waals surface area (Å²) in [6, 6.07) is 6.95. The molecule has 3 amide bonds. The van der Waals surface area contributed by atoms with E-state index in [0.717, 1.165) is 89.2 Å². The number of fused-ring (bicyclic) bond motifs is 2. The Bertz CT molecular complexity index is 2620. The van der Waals surface area contributed by atoms with Gasteiger partial charge in [0.15, 0.2) is 11.3 Å². The van der Waals surface area contributed by atoms with Crippen molar-refractivity contribution in [1.29, 1.82) is 0 Å². The fourth-order valence-electron chi connectivity index (χ4n) is 10.5. The van der Waals surface area contributed by atoms with Crippen LogP contribution in [0.1, 0.15) is 80.0 Å². The molecule has 0 radical (unpaired) electrons. The third-order valence-corrected chi connectivity index (χ3v) is 14.0. The number of nitrogens with one attached hydrogen (secondary N) is 2. The Balaban J connectivity index is 0.693. The highest BCUT2D eigenvalue weighted by atomic mass is 19.3. The molecule has 8 heterocycles. The number of morpholine rings is 1. The monoisotopic (exact) mass is 883 g/mol. The average molecular weight is 884 g/mol. The number of carbonyl (C=O) groups is 3. The number of aromatic nitrogens is 7. The van der Waals surface area contributed by atoms with Crippen molar-refractivity contribution in [3.63, 3.8) is 0 Å². The van der Waals surface area contributed by atoms with E-state index >= 15 is 0 Å². The number of nitrogens with zero attached hydrogens (tertiary/aromatic N) is 11. The van der Waals surface area contributed by atoms with Crippen LogP contribution in [-0.2, 0) is 21.4 Å². The maximum atomic E-state index is 14.3. The van der Waals surface area contributed by atoms with Gasteiger partial charge in [0.1, 0.15) is 17.4 Å². The van der Waals surface area contributed by atoms with Crippen molar-refractivity contribution < 1.29 is 27.9 Å². The summed E-state index contributed by atoms with van der Waals surface area (Å²) in [7, 11) is 1.74. The molecule has 0 bridgehead atoms. The van der Waals surface area contributed by atoms with Crippen LogP contribution >= 0.6 is 0 Å². The summed E-state index contributed by atoms with van der Waals surface area (Å²) >= 11 is 0. The molecule has 1 saturated carbocycles. The highest BCUT2D eigenvalue weighted by Crippen LogP contribution is 2.37. The van der Waals surface area contributed by atoms with E-state index in [1.54, 1.807) is 28.7 Å². The number of para-hydroxylation sites is 1. The molecule has 0 spiro atoms. The van der Waals surface area contributed by atoms with E-state index in [1.807, 2.05) is 31.2 Å². The smallest absolute Gasteiger partial charge is 0.329 e. The van der Waals surface area contributed by atoms with Crippen molar-refractivity contribution in [2.75, 3.05) is 87.2 Å². The van der Waals surface area contributed by atoms with E-state index in [4.69, 9.17) is 9.72 Å². The Hall–Kier alpha value is -5.73. The van der Waals surface area contributed by atoms with Gasteiger partial charge in [0.05, 0.1) is 47.4 Å². The summed E-state index contributed by atoms with van der Waals surface area (Å²) in [6.07, 6.45) is 5.99. The van der Waals surface area contributed by atoms with E-state index in [2.05, 4.69) is 40.4 Å². The van der Waals surface area contributed by atoms with Gasteiger partial charge in [-0.3, -0.25) is 33.5 Å². The zero-order chi connectivity index (χ0) is 44.2. The number of hydrogen-bond donors (Lipinski definition) is 2. The van der Waals surface area contributed by atoms with Gasteiger partial charge in [-0.05, 0) is 63.1 Å². The number of amides is 3. The number of anilines is 3. The highest BCUT2D eigenvalue weighted by Gasteiger charge is 2.36. The molecule has 20 heteroatoms. The molecule has 5 aromatic rings. The summed E-state index contributed by atoms with van der Waals surface area (Å²) in [5, 5.41) is 13.7. The molecular formula is C44H55F2N13O5. The lowest BCUT2D eigenvalue weighted by Gasteiger charge is -2.45. The number of aryl methyl sites for hydroxylation is 1. The van der Waals surface area contributed by atoms with Crippen LogP contribution in [0.3, 0.4) is 0 Å². The van der Waals surface area contributed by atoms with Crippen molar-refractivity contribution >= 4 is 51.6 Å². The summed E-state index contributed by atoms with van der Waals surface area (Å²) in [5.74, 6) is 0.410. The average Bonchev–Trinajstić information content (AvgIpc) is 3.97. The number of carbonyl (C=O) groups excluding carboxylic acids is 3. The number of imidazole rings is 1. The lowest BCUT2D eigenvalue weighted by Crippen LogP contribution is -2.55. The number of ether oxygens (including phenoxy) is 1. The molecule has 1 unspecified atom stereocenters. The van der Waals surface area contributed by atoms with Crippen molar-refractivity contribution in [3.8, 4) is 0 Å². The molecule has 64 heavy (non-hydrogen) atoms. The molecule has 4 saturated heterocycles. The first-order valence-electron chi connectivity index (χ1n) is 22.6. The van der Waals surface area contributed by atoms with Crippen LogP contribution in [-0.4, -0.2) is 139 Å². The van der Waals surface area contributed by atoms with Crippen molar-refractivity contribution in [1.82, 2.24) is 48.6 Å². The predicted octanol–water partition coefficient (Wildman–Crippen LogP) is 3.46. The minimum Gasteiger partial charge on any atom is -0.375 e. The Morgan fingerprint density at radius 2 is 1.69 bits per heavy atom. The number of alkyl halides is 2. The maximum absolute atomic E-state index is 14.3. The number of hydrogen-bond acceptors (Lipinski definition) is 12. The summed E-state index contributed by atoms with van der Waals surface area (Å²) in [5.41, 5.74) is 2.32. The highest BCUT2D eigenvalue weighted by molar-refractivity contribution is 6.08. The summed E-state index contributed by atoms with van der Waals surface area (Å²) in [6.45, 7) is 11.7. The molecule has 18 nitrogen and oxygen atoms in total. The van der Waals surface area contributed by atoms with E-state index < -0.39 is 30.0 Å². The summed E-state index contributed by atoms with van der Waals surface area (Å²) < 4.78 is 40.6.